The Morgan fingerprint density at radius 1 is 1.39 bits per heavy atom. The average Bonchev–Trinajstić information content (AvgIpc) is 2.60. The minimum absolute atomic E-state index is 0.0349. The first-order valence-electron chi connectivity index (χ1n) is 7.87. The maximum absolute atomic E-state index is 12.1. The topological polar surface area (TPSA) is 71.2 Å². The molecule has 1 saturated heterocycles. The van der Waals surface area contributed by atoms with Crippen LogP contribution in [0.25, 0.3) is 0 Å². The summed E-state index contributed by atoms with van der Waals surface area (Å²) in [5, 5.41) is 9.54. The number of hydrogen-bond donors (Lipinski definition) is 1. The highest BCUT2D eigenvalue weighted by atomic mass is 16.8. The van der Waals surface area contributed by atoms with E-state index in [0.29, 0.717) is 43.3 Å². The van der Waals surface area contributed by atoms with Gasteiger partial charge in [-0.05, 0) is 19.8 Å². The Hall–Kier alpha value is -1.86. The number of aliphatic hydroxyl groups is 1. The maximum Gasteiger partial charge on any atom is 0.340 e. The summed E-state index contributed by atoms with van der Waals surface area (Å²) in [4.78, 5) is 19.6. The zero-order chi connectivity index (χ0) is 16.4. The van der Waals surface area contributed by atoms with Crippen molar-refractivity contribution < 1.29 is 24.3 Å². The van der Waals surface area contributed by atoms with Crippen molar-refractivity contribution in [2.24, 2.45) is 0 Å². The van der Waals surface area contributed by atoms with Crippen molar-refractivity contribution in [3.05, 3.63) is 22.6 Å². The number of anilines is 1. The Bertz CT molecular complexity index is 600. The predicted octanol–water partition coefficient (Wildman–Crippen LogP) is 1.57. The molecule has 0 spiro atoms. The molecule has 0 aromatic heterocycles. The minimum Gasteiger partial charge on any atom is -0.485 e. The van der Waals surface area contributed by atoms with Crippen LogP contribution in [0, 0.1) is 4.91 Å². The Labute approximate surface area is 135 Å². The van der Waals surface area contributed by atoms with Crippen molar-refractivity contribution in [1.29, 1.82) is 0 Å². The van der Waals surface area contributed by atoms with Gasteiger partial charge in [-0.3, -0.25) is 0 Å². The molecule has 23 heavy (non-hydrogen) atoms. The highest BCUT2D eigenvalue weighted by Gasteiger charge is 2.35. The molecule has 1 aromatic carbocycles. The molecular weight excluding hydrogens is 300 g/mol. The van der Waals surface area contributed by atoms with Crippen LogP contribution >= 0.6 is 0 Å². The molecule has 1 atom stereocenters. The van der Waals surface area contributed by atoms with E-state index in [4.69, 9.17) is 14.3 Å². The monoisotopic (exact) mass is 323 g/mol. The molecule has 1 unspecified atom stereocenters. The van der Waals surface area contributed by atoms with Crippen LogP contribution in [-0.4, -0.2) is 55.7 Å². The predicted molar refractivity (Wildman–Crippen MR) is 84.2 cm³/mol. The first-order chi connectivity index (χ1) is 11.1. The van der Waals surface area contributed by atoms with Gasteiger partial charge in [0.2, 0.25) is 0 Å². The van der Waals surface area contributed by atoms with Gasteiger partial charge in [0.05, 0.1) is 24.7 Å². The Balaban J connectivity index is 2.02. The lowest BCUT2D eigenvalue weighted by Crippen LogP contribution is -2.40. The third-order valence-electron chi connectivity index (χ3n) is 4.49. The average molecular weight is 323 g/mol. The molecule has 2 aliphatic rings. The number of aliphatic hydroxyl groups excluding tert-OH is 1. The van der Waals surface area contributed by atoms with E-state index in [2.05, 4.69) is 4.90 Å². The number of benzene rings is 1. The molecule has 1 aromatic rings. The molecule has 126 valence electrons. The summed E-state index contributed by atoms with van der Waals surface area (Å²) in [7, 11) is 1.36. The number of nitrogens with zero attached hydrogens (tertiary/aromatic N) is 2. The van der Waals surface area contributed by atoms with Gasteiger partial charge in [-0.2, -0.15) is 0 Å². The Kier molecular flexibility index (Phi) is 4.41. The Morgan fingerprint density at radius 2 is 2.13 bits per heavy atom. The van der Waals surface area contributed by atoms with E-state index >= 15 is 0 Å². The van der Waals surface area contributed by atoms with E-state index in [0.717, 1.165) is 23.4 Å². The molecule has 2 aliphatic heterocycles. The summed E-state index contributed by atoms with van der Waals surface area (Å²) in [6.45, 7) is 4.52. The standard InChI is InChI=1S/C16H23N2O5/c1-16(11-19)4-3-12-9-14(18(20)21-2)13(10-15(12)23-16)17-5-7-22-8-6-17/h9-10,19H,3-8,11H2,1-2H3/q+1. The molecule has 7 nitrogen and oxygen atoms in total. The Morgan fingerprint density at radius 3 is 2.78 bits per heavy atom. The lowest BCUT2D eigenvalue weighted by molar-refractivity contribution is -0.736. The maximum atomic E-state index is 12.1. The summed E-state index contributed by atoms with van der Waals surface area (Å²) in [6.07, 6.45) is 1.46. The lowest BCUT2D eigenvalue weighted by Gasteiger charge is -2.35. The number of rotatable bonds is 4. The van der Waals surface area contributed by atoms with E-state index in [-0.39, 0.29) is 6.61 Å². The van der Waals surface area contributed by atoms with Crippen molar-refractivity contribution in [3.63, 3.8) is 0 Å². The number of ether oxygens (including phenoxy) is 2. The van der Waals surface area contributed by atoms with Gasteiger partial charge in [0.15, 0.2) is 7.11 Å². The van der Waals surface area contributed by atoms with Gasteiger partial charge in [-0.25, -0.2) is 4.84 Å². The molecule has 2 heterocycles. The molecule has 1 fully saturated rings. The van der Waals surface area contributed by atoms with Crippen molar-refractivity contribution >= 4 is 11.4 Å². The van der Waals surface area contributed by atoms with E-state index in [9.17, 15) is 10.0 Å². The molecule has 7 heteroatoms. The summed E-state index contributed by atoms with van der Waals surface area (Å²) >= 11 is 0. The molecule has 0 radical (unpaired) electrons. The molecule has 3 rings (SSSR count). The van der Waals surface area contributed by atoms with E-state index < -0.39 is 5.60 Å². The van der Waals surface area contributed by atoms with Crippen molar-refractivity contribution in [3.8, 4) is 5.75 Å². The van der Waals surface area contributed by atoms with Gasteiger partial charge in [-0.15, -0.1) is 0 Å². The van der Waals surface area contributed by atoms with Crippen LogP contribution < -0.4 is 9.64 Å². The highest BCUT2D eigenvalue weighted by Crippen LogP contribution is 2.41. The number of aryl methyl sites for hydroxylation is 1. The van der Waals surface area contributed by atoms with Gasteiger partial charge >= 0.3 is 5.69 Å². The van der Waals surface area contributed by atoms with Crippen LogP contribution in [-0.2, 0) is 16.0 Å². The zero-order valence-electron chi connectivity index (χ0n) is 13.6. The molecule has 0 saturated carbocycles. The first kappa shape index (κ1) is 16.0. The number of morpholine rings is 1. The fourth-order valence-electron chi connectivity index (χ4n) is 3.02. The fraction of sp³-hybridized carbons (Fsp3) is 0.625. The molecule has 0 aliphatic carbocycles. The van der Waals surface area contributed by atoms with Crippen LogP contribution in [0.2, 0.25) is 0 Å². The summed E-state index contributed by atoms with van der Waals surface area (Å²) < 4.78 is 11.4. The summed E-state index contributed by atoms with van der Waals surface area (Å²) in [5.41, 5.74) is 1.63. The van der Waals surface area contributed by atoms with Gasteiger partial charge in [-0.1, -0.05) is 0 Å². The SMILES string of the molecule is CO[N+](=O)c1cc2c(cc1N1CCOCC1)OC(C)(CO)CC2. The van der Waals surface area contributed by atoms with Gasteiger partial charge in [0.1, 0.15) is 17.0 Å². The smallest absolute Gasteiger partial charge is 0.340 e. The van der Waals surface area contributed by atoms with Crippen LogP contribution in [0.1, 0.15) is 18.9 Å². The minimum atomic E-state index is -0.574. The molecule has 1 N–H and O–H groups in total. The van der Waals surface area contributed by atoms with Gasteiger partial charge in [0, 0.05) is 30.8 Å². The molecule has 0 bridgehead atoms. The van der Waals surface area contributed by atoms with Crippen LogP contribution in [0.3, 0.4) is 0 Å². The van der Waals surface area contributed by atoms with E-state index in [1.807, 2.05) is 19.1 Å². The van der Waals surface area contributed by atoms with Crippen molar-refractivity contribution in [2.75, 3.05) is 44.9 Å². The van der Waals surface area contributed by atoms with Gasteiger partial charge in [0.25, 0.3) is 4.92 Å². The highest BCUT2D eigenvalue weighted by molar-refractivity contribution is 5.68. The van der Waals surface area contributed by atoms with Gasteiger partial charge < -0.3 is 19.5 Å². The fourth-order valence-corrected chi connectivity index (χ4v) is 3.02. The van der Waals surface area contributed by atoms with E-state index in [1.165, 1.54) is 7.11 Å². The third-order valence-corrected chi connectivity index (χ3v) is 4.49. The number of fused-ring (bicyclic) bond motifs is 1. The summed E-state index contributed by atoms with van der Waals surface area (Å²) in [6, 6.07) is 3.71. The zero-order valence-corrected chi connectivity index (χ0v) is 13.6. The van der Waals surface area contributed by atoms with Crippen LogP contribution in [0.5, 0.6) is 5.75 Å². The number of hydrogen-bond acceptors (Lipinski definition) is 6. The second kappa shape index (κ2) is 6.33. The first-order valence-corrected chi connectivity index (χ1v) is 7.87. The lowest BCUT2D eigenvalue weighted by atomic mass is 9.92. The normalized spacial score (nSPS) is 23.9. The molecular formula is C16H23N2O5+. The third kappa shape index (κ3) is 3.11. The molecule has 0 amide bonds. The van der Waals surface area contributed by atoms with Crippen molar-refractivity contribution in [1.82, 2.24) is 0 Å². The van der Waals surface area contributed by atoms with E-state index in [1.54, 1.807) is 0 Å². The summed E-state index contributed by atoms with van der Waals surface area (Å²) in [5.74, 6) is 0.725. The largest absolute Gasteiger partial charge is 0.485 e. The quantitative estimate of drug-likeness (QED) is 0.848. The van der Waals surface area contributed by atoms with Crippen LogP contribution in [0.15, 0.2) is 12.1 Å². The second-order valence-electron chi connectivity index (χ2n) is 6.20. The second-order valence-corrected chi connectivity index (χ2v) is 6.20. The van der Waals surface area contributed by atoms with Crippen LogP contribution in [0.4, 0.5) is 11.4 Å². The van der Waals surface area contributed by atoms with Crippen molar-refractivity contribution in [2.45, 2.75) is 25.4 Å².